The largest absolute Gasteiger partial charge is 0.480 e. The van der Waals surface area contributed by atoms with Crippen LogP contribution < -0.4 is 10.1 Å². The van der Waals surface area contributed by atoms with Crippen molar-refractivity contribution in [2.75, 3.05) is 6.61 Å². The Kier molecular flexibility index (Phi) is 6.27. The number of nitrogens with one attached hydrogen (secondary N) is 1. The minimum absolute atomic E-state index is 0.363. The van der Waals surface area contributed by atoms with Crippen LogP contribution in [0.2, 0.25) is 5.02 Å². The first-order valence-electron chi connectivity index (χ1n) is 9.56. The summed E-state index contributed by atoms with van der Waals surface area (Å²) < 4.78 is 5.39. The highest BCUT2D eigenvalue weighted by Crippen LogP contribution is 2.28. The van der Waals surface area contributed by atoms with Crippen LogP contribution in [0.3, 0.4) is 0 Å². The zero-order valence-corrected chi connectivity index (χ0v) is 17.8. The molecule has 2 N–H and O–H groups in total. The molecule has 0 aliphatic rings. The molecule has 0 spiro atoms. The van der Waals surface area contributed by atoms with Gasteiger partial charge in [0.05, 0.1) is 6.61 Å². The molecule has 0 unspecified atom stereocenters. The second kappa shape index (κ2) is 8.71. The van der Waals surface area contributed by atoms with Crippen LogP contribution in [0.1, 0.15) is 42.3 Å². The number of ether oxygens (including phenoxy) is 1. The molecule has 3 rings (SSSR count). The average molecular weight is 427 g/mol. The lowest BCUT2D eigenvalue weighted by atomic mass is 9.93. The van der Waals surface area contributed by atoms with Gasteiger partial charge in [-0.3, -0.25) is 4.79 Å². The quantitative estimate of drug-likeness (QED) is 0.581. The van der Waals surface area contributed by atoms with Gasteiger partial charge in [0.2, 0.25) is 5.88 Å². The molecular formula is C23H23ClN2O4. The van der Waals surface area contributed by atoms with E-state index < -0.39 is 17.4 Å². The van der Waals surface area contributed by atoms with E-state index in [0.29, 0.717) is 29.5 Å². The number of fused-ring (bicyclic) bond motifs is 1. The first-order valence-corrected chi connectivity index (χ1v) is 9.94. The number of amides is 1. The van der Waals surface area contributed by atoms with Crippen LogP contribution in [0.25, 0.3) is 10.8 Å². The maximum atomic E-state index is 13.0. The molecule has 0 radical (unpaired) electrons. The molecule has 30 heavy (non-hydrogen) atoms. The number of carboxylic acids is 1. The van der Waals surface area contributed by atoms with Crippen molar-refractivity contribution in [3.05, 3.63) is 70.4 Å². The molecule has 156 valence electrons. The Labute approximate surface area is 179 Å². The Morgan fingerprint density at radius 2 is 1.93 bits per heavy atom. The molecule has 7 heteroatoms. The molecule has 0 fully saturated rings. The predicted molar refractivity (Wildman–Crippen MR) is 116 cm³/mol. The lowest BCUT2D eigenvalue weighted by Gasteiger charge is -2.22. The number of nitrogens with zero attached hydrogens (tertiary/aromatic N) is 1. The van der Waals surface area contributed by atoms with Gasteiger partial charge in [-0.25, -0.2) is 9.78 Å². The van der Waals surface area contributed by atoms with Gasteiger partial charge in [0.1, 0.15) is 10.6 Å². The summed E-state index contributed by atoms with van der Waals surface area (Å²) in [6.07, 6.45) is 2.07. The number of halogens is 1. The lowest BCUT2D eigenvalue weighted by molar-refractivity contribution is -0.143. The van der Waals surface area contributed by atoms with E-state index in [0.717, 1.165) is 21.9 Å². The third kappa shape index (κ3) is 4.54. The summed E-state index contributed by atoms with van der Waals surface area (Å²) in [4.78, 5) is 28.7. The summed E-state index contributed by atoms with van der Waals surface area (Å²) >= 11 is 6.28. The van der Waals surface area contributed by atoms with Crippen molar-refractivity contribution in [1.82, 2.24) is 10.3 Å². The maximum Gasteiger partial charge on any atom is 0.328 e. The average Bonchev–Trinajstić information content (AvgIpc) is 2.70. The maximum absolute atomic E-state index is 13.0. The summed E-state index contributed by atoms with van der Waals surface area (Å²) in [6.45, 7) is 5.21. The van der Waals surface area contributed by atoms with Gasteiger partial charge in [-0.05, 0) is 54.8 Å². The van der Waals surface area contributed by atoms with E-state index in [4.69, 9.17) is 16.3 Å². The van der Waals surface area contributed by atoms with Crippen LogP contribution >= 0.6 is 11.6 Å². The molecular weight excluding hydrogens is 404 g/mol. The third-order valence-corrected chi connectivity index (χ3v) is 5.04. The first-order chi connectivity index (χ1) is 14.2. The number of pyridine rings is 1. The minimum atomic E-state index is -1.40. The van der Waals surface area contributed by atoms with Gasteiger partial charge >= 0.3 is 5.97 Å². The van der Waals surface area contributed by atoms with E-state index >= 15 is 0 Å². The van der Waals surface area contributed by atoms with Crippen LogP contribution in [-0.4, -0.2) is 34.1 Å². The van der Waals surface area contributed by atoms with E-state index in [-0.39, 0.29) is 0 Å². The Morgan fingerprint density at radius 1 is 1.20 bits per heavy atom. The molecule has 0 aliphatic carbocycles. The Hall–Kier alpha value is -3.12. The molecule has 0 atom stereocenters. The second-order valence-corrected chi connectivity index (χ2v) is 7.84. The zero-order valence-electron chi connectivity index (χ0n) is 17.0. The van der Waals surface area contributed by atoms with Gasteiger partial charge in [-0.15, -0.1) is 0 Å². The standard InChI is InChI=1S/C23H23ClN2O4/c1-4-30-21-19(24)12-14(13-25-21)11-18-16-8-6-5-7-15(16)9-10-17(18)20(27)26-23(2,3)22(28)29/h5-10,12-13H,4,11H2,1-3H3,(H,26,27)(H,28,29). The molecule has 6 nitrogen and oxygen atoms in total. The highest BCUT2D eigenvalue weighted by molar-refractivity contribution is 6.31. The van der Waals surface area contributed by atoms with Crippen molar-refractivity contribution in [3.8, 4) is 5.88 Å². The molecule has 0 saturated carbocycles. The number of benzene rings is 2. The van der Waals surface area contributed by atoms with Crippen LogP contribution in [0.5, 0.6) is 5.88 Å². The fourth-order valence-corrected chi connectivity index (χ4v) is 3.40. The lowest BCUT2D eigenvalue weighted by Crippen LogP contribution is -2.49. The van der Waals surface area contributed by atoms with Gasteiger partial charge in [-0.1, -0.05) is 41.9 Å². The molecule has 0 saturated heterocycles. The van der Waals surface area contributed by atoms with Crippen molar-refractivity contribution < 1.29 is 19.4 Å². The van der Waals surface area contributed by atoms with E-state index in [1.807, 2.05) is 37.3 Å². The number of carboxylic acid groups (broad SMARTS) is 1. The van der Waals surface area contributed by atoms with Crippen LogP contribution in [0.4, 0.5) is 0 Å². The first kappa shape index (κ1) is 21.6. The van der Waals surface area contributed by atoms with Gasteiger partial charge in [0.15, 0.2) is 0 Å². The van der Waals surface area contributed by atoms with Crippen LogP contribution in [0.15, 0.2) is 48.7 Å². The van der Waals surface area contributed by atoms with Crippen molar-refractivity contribution in [2.45, 2.75) is 32.7 Å². The molecule has 2 aromatic carbocycles. The number of aromatic nitrogens is 1. The van der Waals surface area contributed by atoms with Crippen LogP contribution in [0, 0.1) is 0 Å². The Balaban J connectivity index is 2.05. The number of carbonyl (C=O) groups excluding carboxylic acids is 1. The number of hydrogen-bond acceptors (Lipinski definition) is 4. The predicted octanol–water partition coefficient (Wildman–Crippen LogP) is 4.47. The van der Waals surface area contributed by atoms with E-state index in [2.05, 4.69) is 10.3 Å². The summed E-state index contributed by atoms with van der Waals surface area (Å²) in [5.74, 6) is -1.20. The van der Waals surface area contributed by atoms with Crippen molar-refractivity contribution in [2.24, 2.45) is 0 Å². The zero-order chi connectivity index (χ0) is 21.9. The Morgan fingerprint density at radius 3 is 2.60 bits per heavy atom. The van der Waals surface area contributed by atoms with Gasteiger partial charge in [0.25, 0.3) is 5.91 Å². The number of aliphatic carboxylic acids is 1. The van der Waals surface area contributed by atoms with Gasteiger partial charge in [-0.2, -0.15) is 0 Å². The van der Waals surface area contributed by atoms with Crippen molar-refractivity contribution in [3.63, 3.8) is 0 Å². The van der Waals surface area contributed by atoms with E-state index in [1.165, 1.54) is 13.8 Å². The van der Waals surface area contributed by atoms with E-state index in [1.54, 1.807) is 18.3 Å². The normalized spacial score (nSPS) is 11.3. The fraction of sp³-hybridized carbons (Fsp3) is 0.261. The monoisotopic (exact) mass is 426 g/mol. The molecule has 0 bridgehead atoms. The SMILES string of the molecule is CCOc1ncc(Cc2c(C(=O)NC(C)(C)C(=O)O)ccc3ccccc23)cc1Cl. The Bertz CT molecular complexity index is 1110. The summed E-state index contributed by atoms with van der Waals surface area (Å²) in [5, 5.41) is 14.2. The molecule has 1 aromatic heterocycles. The summed E-state index contributed by atoms with van der Waals surface area (Å²) in [6, 6.07) is 13.1. The highest BCUT2D eigenvalue weighted by atomic mass is 35.5. The topological polar surface area (TPSA) is 88.5 Å². The fourth-order valence-electron chi connectivity index (χ4n) is 3.15. The highest BCUT2D eigenvalue weighted by Gasteiger charge is 2.30. The summed E-state index contributed by atoms with van der Waals surface area (Å²) in [5.41, 5.74) is 0.595. The molecule has 1 heterocycles. The number of hydrogen-bond donors (Lipinski definition) is 2. The summed E-state index contributed by atoms with van der Waals surface area (Å²) in [7, 11) is 0. The van der Waals surface area contributed by atoms with Gasteiger partial charge in [0, 0.05) is 18.2 Å². The molecule has 3 aromatic rings. The van der Waals surface area contributed by atoms with E-state index in [9.17, 15) is 14.7 Å². The van der Waals surface area contributed by atoms with Gasteiger partial charge < -0.3 is 15.2 Å². The minimum Gasteiger partial charge on any atom is -0.480 e. The van der Waals surface area contributed by atoms with Crippen molar-refractivity contribution in [1.29, 1.82) is 0 Å². The van der Waals surface area contributed by atoms with Crippen LogP contribution in [-0.2, 0) is 11.2 Å². The smallest absolute Gasteiger partial charge is 0.328 e. The van der Waals surface area contributed by atoms with Crippen molar-refractivity contribution >= 4 is 34.2 Å². The third-order valence-electron chi connectivity index (χ3n) is 4.77. The number of carbonyl (C=O) groups is 2. The molecule has 1 amide bonds. The second-order valence-electron chi connectivity index (χ2n) is 7.44. The number of rotatable bonds is 7. The molecule has 0 aliphatic heterocycles.